The molecule has 3 nitrogen and oxygen atoms in total. The molecule has 1 saturated heterocycles. The van der Waals surface area contributed by atoms with Crippen LogP contribution in [-0.4, -0.2) is 11.1 Å². The van der Waals surface area contributed by atoms with E-state index in [1.54, 1.807) is 18.2 Å². The number of carbonyl (C=O) groups is 2. The van der Waals surface area contributed by atoms with E-state index in [0.717, 1.165) is 22.9 Å². The van der Waals surface area contributed by atoms with E-state index in [4.69, 9.17) is 0 Å². The van der Waals surface area contributed by atoms with Gasteiger partial charge in [0.2, 0.25) is 0 Å². The van der Waals surface area contributed by atoms with Gasteiger partial charge in [-0.05, 0) is 48.0 Å². The third-order valence-electron chi connectivity index (χ3n) is 3.28. The van der Waals surface area contributed by atoms with Crippen LogP contribution < -0.4 is 4.90 Å². The van der Waals surface area contributed by atoms with Gasteiger partial charge in [0, 0.05) is 0 Å². The van der Waals surface area contributed by atoms with Crippen molar-refractivity contribution in [3.05, 3.63) is 70.6 Å². The Morgan fingerprint density at radius 1 is 0.952 bits per heavy atom. The number of nitrogens with zero attached hydrogens (tertiary/aromatic N) is 1. The molecule has 0 atom stereocenters. The highest BCUT2D eigenvalue weighted by atomic mass is 32.2. The largest absolute Gasteiger partial charge is 0.298 e. The van der Waals surface area contributed by atoms with Gasteiger partial charge >= 0.3 is 0 Å². The number of amides is 2. The quantitative estimate of drug-likeness (QED) is 0.778. The molecule has 0 aromatic heterocycles. The molecule has 0 N–H and O–H groups in total. The Morgan fingerprint density at radius 2 is 1.62 bits per heavy atom. The SMILES string of the molecule is Cc1ccccc1C=C1SC(=O)N(c2ccccc2)C1=O. The maximum absolute atomic E-state index is 12.4. The molecule has 0 unspecified atom stereocenters. The van der Waals surface area contributed by atoms with Crippen LogP contribution in [0.25, 0.3) is 6.08 Å². The first-order valence-electron chi connectivity index (χ1n) is 6.55. The monoisotopic (exact) mass is 295 g/mol. The average Bonchev–Trinajstić information content (AvgIpc) is 2.77. The van der Waals surface area contributed by atoms with E-state index in [0.29, 0.717) is 10.6 Å². The lowest BCUT2D eigenvalue weighted by Crippen LogP contribution is -2.27. The van der Waals surface area contributed by atoms with Crippen LogP contribution in [0.3, 0.4) is 0 Å². The maximum Gasteiger partial charge on any atom is 0.298 e. The first kappa shape index (κ1) is 13.6. The molecule has 0 saturated carbocycles. The summed E-state index contributed by atoms with van der Waals surface area (Å²) in [6.45, 7) is 1.98. The van der Waals surface area contributed by atoms with Crippen molar-refractivity contribution in [2.75, 3.05) is 4.90 Å². The summed E-state index contributed by atoms with van der Waals surface area (Å²) in [5.41, 5.74) is 2.63. The maximum atomic E-state index is 12.4. The van der Waals surface area contributed by atoms with Gasteiger partial charge in [-0.25, -0.2) is 4.90 Å². The van der Waals surface area contributed by atoms with E-state index < -0.39 is 0 Å². The Hall–Kier alpha value is -2.33. The van der Waals surface area contributed by atoms with Crippen molar-refractivity contribution in [1.29, 1.82) is 0 Å². The summed E-state index contributed by atoms with van der Waals surface area (Å²) in [6.07, 6.45) is 1.78. The van der Waals surface area contributed by atoms with Crippen molar-refractivity contribution >= 4 is 34.7 Å². The molecule has 1 fully saturated rings. The summed E-state index contributed by atoms with van der Waals surface area (Å²) in [5.74, 6) is -0.264. The molecule has 1 aliphatic rings. The molecule has 1 heterocycles. The molecular formula is C17H13NO2S. The summed E-state index contributed by atoms with van der Waals surface area (Å²) >= 11 is 0.979. The molecule has 2 aromatic carbocycles. The molecule has 104 valence electrons. The van der Waals surface area contributed by atoms with Crippen LogP contribution in [0.15, 0.2) is 59.5 Å². The van der Waals surface area contributed by atoms with Gasteiger partial charge in [0.1, 0.15) is 0 Å². The number of hydrogen-bond acceptors (Lipinski definition) is 3. The number of para-hydroxylation sites is 1. The van der Waals surface area contributed by atoms with Crippen LogP contribution in [0.2, 0.25) is 0 Å². The molecule has 4 heteroatoms. The standard InChI is InChI=1S/C17H13NO2S/c1-12-7-5-6-8-13(12)11-15-16(19)18(17(20)21-15)14-9-3-2-4-10-14/h2-11H,1H3. The molecule has 0 aliphatic carbocycles. The predicted molar refractivity (Wildman–Crippen MR) is 86.1 cm³/mol. The van der Waals surface area contributed by atoms with Crippen molar-refractivity contribution in [2.45, 2.75) is 6.92 Å². The fourth-order valence-corrected chi connectivity index (χ4v) is 2.99. The van der Waals surface area contributed by atoms with E-state index in [2.05, 4.69) is 0 Å². The molecule has 0 spiro atoms. The minimum atomic E-state index is -0.264. The number of hydrogen-bond donors (Lipinski definition) is 0. The van der Waals surface area contributed by atoms with Crippen molar-refractivity contribution in [1.82, 2.24) is 0 Å². The van der Waals surface area contributed by atoms with Gasteiger partial charge in [-0.15, -0.1) is 0 Å². The van der Waals surface area contributed by atoms with Crippen LogP contribution in [0.1, 0.15) is 11.1 Å². The summed E-state index contributed by atoms with van der Waals surface area (Å²) in [5, 5.41) is -0.258. The Kier molecular flexibility index (Phi) is 3.62. The molecule has 2 amide bonds. The first-order valence-corrected chi connectivity index (χ1v) is 7.37. The molecule has 21 heavy (non-hydrogen) atoms. The van der Waals surface area contributed by atoms with Crippen molar-refractivity contribution in [3.63, 3.8) is 0 Å². The number of thioether (sulfide) groups is 1. The number of rotatable bonds is 2. The van der Waals surface area contributed by atoms with E-state index in [1.165, 1.54) is 4.90 Å². The minimum Gasteiger partial charge on any atom is -0.268 e. The van der Waals surface area contributed by atoms with Crippen LogP contribution in [0.4, 0.5) is 10.5 Å². The smallest absolute Gasteiger partial charge is 0.268 e. The van der Waals surface area contributed by atoms with E-state index in [-0.39, 0.29) is 11.1 Å². The van der Waals surface area contributed by atoms with E-state index in [1.807, 2.05) is 49.4 Å². The van der Waals surface area contributed by atoms with E-state index >= 15 is 0 Å². The zero-order chi connectivity index (χ0) is 14.8. The molecule has 2 aromatic rings. The fraction of sp³-hybridized carbons (Fsp3) is 0.0588. The number of imide groups is 1. The van der Waals surface area contributed by atoms with Gasteiger partial charge in [-0.3, -0.25) is 9.59 Å². The second kappa shape index (κ2) is 5.58. The zero-order valence-corrected chi connectivity index (χ0v) is 12.3. The van der Waals surface area contributed by atoms with Crippen LogP contribution in [0, 0.1) is 6.92 Å². The van der Waals surface area contributed by atoms with Gasteiger partial charge in [0.15, 0.2) is 0 Å². The van der Waals surface area contributed by atoms with Gasteiger partial charge < -0.3 is 0 Å². The highest BCUT2D eigenvalue weighted by molar-refractivity contribution is 8.19. The van der Waals surface area contributed by atoms with Gasteiger partial charge in [0.25, 0.3) is 11.1 Å². The topological polar surface area (TPSA) is 37.4 Å². The number of benzene rings is 2. The second-order valence-electron chi connectivity index (χ2n) is 4.71. The Bertz CT molecular complexity index is 737. The van der Waals surface area contributed by atoms with E-state index in [9.17, 15) is 9.59 Å². The zero-order valence-electron chi connectivity index (χ0n) is 11.4. The van der Waals surface area contributed by atoms with Gasteiger partial charge in [0.05, 0.1) is 10.6 Å². The van der Waals surface area contributed by atoms with Gasteiger partial charge in [-0.1, -0.05) is 42.5 Å². The fourth-order valence-electron chi connectivity index (χ4n) is 2.16. The third-order valence-corrected chi connectivity index (χ3v) is 4.15. The molecule has 1 aliphatic heterocycles. The van der Waals surface area contributed by atoms with Crippen molar-refractivity contribution in [2.24, 2.45) is 0 Å². The molecule has 0 radical (unpaired) electrons. The Morgan fingerprint density at radius 3 is 2.33 bits per heavy atom. The van der Waals surface area contributed by atoms with Crippen molar-refractivity contribution in [3.8, 4) is 0 Å². The summed E-state index contributed by atoms with van der Waals surface area (Å²) in [6, 6.07) is 16.8. The predicted octanol–water partition coefficient (Wildman–Crippen LogP) is 4.24. The van der Waals surface area contributed by atoms with Crippen LogP contribution in [0.5, 0.6) is 0 Å². The highest BCUT2D eigenvalue weighted by Gasteiger charge is 2.36. The normalized spacial score (nSPS) is 16.8. The molecule has 0 bridgehead atoms. The number of carbonyl (C=O) groups excluding carboxylic acids is 2. The lowest BCUT2D eigenvalue weighted by atomic mass is 10.1. The highest BCUT2D eigenvalue weighted by Crippen LogP contribution is 2.35. The van der Waals surface area contributed by atoms with Gasteiger partial charge in [-0.2, -0.15) is 0 Å². The summed E-state index contributed by atoms with van der Waals surface area (Å²) < 4.78 is 0. The lowest BCUT2D eigenvalue weighted by molar-refractivity contribution is -0.113. The molecular weight excluding hydrogens is 282 g/mol. The summed E-state index contributed by atoms with van der Waals surface area (Å²) in [4.78, 5) is 26.2. The summed E-state index contributed by atoms with van der Waals surface area (Å²) in [7, 11) is 0. The Balaban J connectivity index is 1.96. The first-order chi connectivity index (χ1) is 10.2. The number of anilines is 1. The second-order valence-corrected chi connectivity index (χ2v) is 5.70. The van der Waals surface area contributed by atoms with Crippen LogP contribution >= 0.6 is 11.8 Å². The lowest BCUT2D eigenvalue weighted by Gasteiger charge is -2.11. The number of aryl methyl sites for hydroxylation is 1. The molecule has 3 rings (SSSR count). The third kappa shape index (κ3) is 2.62. The average molecular weight is 295 g/mol. The van der Waals surface area contributed by atoms with Crippen molar-refractivity contribution < 1.29 is 9.59 Å². The van der Waals surface area contributed by atoms with Crippen LogP contribution in [-0.2, 0) is 4.79 Å². The Labute approximate surface area is 127 Å². The minimum absolute atomic E-state index is 0.258.